The number of aryl methyl sites for hydroxylation is 1. The fourth-order valence-electron chi connectivity index (χ4n) is 1.66. The fraction of sp³-hybridized carbons (Fsp3) is 0.333. The molecule has 5 nitrogen and oxygen atoms in total. The first-order valence-corrected chi connectivity index (χ1v) is 7.20. The van der Waals surface area contributed by atoms with Crippen molar-refractivity contribution in [3.63, 3.8) is 0 Å². The molecule has 0 aliphatic heterocycles. The summed E-state index contributed by atoms with van der Waals surface area (Å²) in [5, 5.41) is 6.25. The minimum Gasteiger partial charge on any atom is -0.388 e. The van der Waals surface area contributed by atoms with Gasteiger partial charge in [0.1, 0.15) is 15.7 Å². The van der Waals surface area contributed by atoms with Crippen LogP contribution in [0.5, 0.6) is 0 Å². The molecule has 3 N–H and O–H groups in total. The largest absolute Gasteiger partial charge is 0.388 e. The van der Waals surface area contributed by atoms with Crippen LogP contribution in [0, 0.1) is 6.92 Å². The van der Waals surface area contributed by atoms with Crippen LogP contribution < -0.4 is 11.1 Å². The molecule has 0 amide bonds. The van der Waals surface area contributed by atoms with Crippen LogP contribution in [0.2, 0.25) is 0 Å². The second-order valence-corrected chi connectivity index (χ2v) is 5.42. The van der Waals surface area contributed by atoms with Crippen molar-refractivity contribution in [1.29, 1.82) is 0 Å². The van der Waals surface area contributed by atoms with Gasteiger partial charge in [-0.3, -0.25) is 0 Å². The van der Waals surface area contributed by atoms with Crippen LogP contribution in [0.1, 0.15) is 35.8 Å². The number of nitrogens with two attached hydrogens (primary N) is 1. The molecule has 0 radical (unpaired) electrons. The van der Waals surface area contributed by atoms with E-state index in [1.54, 1.807) is 23.6 Å². The van der Waals surface area contributed by atoms with Gasteiger partial charge in [0.15, 0.2) is 0 Å². The Morgan fingerprint density at radius 1 is 1.53 bits per heavy atom. The van der Waals surface area contributed by atoms with Crippen LogP contribution in [0.3, 0.4) is 0 Å². The Hall–Kier alpha value is -1.60. The molecule has 0 aromatic carbocycles. The number of aromatic nitrogens is 3. The number of hydrogen-bond acceptors (Lipinski definition) is 6. The molecule has 1 atom stereocenters. The molecule has 0 fully saturated rings. The zero-order chi connectivity index (χ0) is 13.8. The van der Waals surface area contributed by atoms with Gasteiger partial charge in [-0.25, -0.2) is 15.0 Å². The lowest BCUT2D eigenvalue weighted by Crippen LogP contribution is -2.17. The molecule has 0 bridgehead atoms. The third kappa shape index (κ3) is 3.45. The standard InChI is InChI=1S/C12H15N5S2/c1-3-8(11-14-4-5-19-11)16-12-15-7(2)6-9(17-12)10(13)18/h4-6,8H,3H2,1-2H3,(H2,13,18)(H,15,16,17). The van der Waals surface area contributed by atoms with Gasteiger partial charge >= 0.3 is 0 Å². The Balaban J connectivity index is 2.24. The van der Waals surface area contributed by atoms with Crippen molar-refractivity contribution < 1.29 is 0 Å². The number of thiocarbonyl (C=S) groups is 1. The number of nitrogens with zero attached hydrogens (tertiary/aromatic N) is 3. The van der Waals surface area contributed by atoms with E-state index in [-0.39, 0.29) is 11.0 Å². The summed E-state index contributed by atoms with van der Waals surface area (Å²) in [6.45, 7) is 3.97. The van der Waals surface area contributed by atoms with E-state index in [9.17, 15) is 0 Å². The van der Waals surface area contributed by atoms with E-state index in [1.807, 2.05) is 12.3 Å². The van der Waals surface area contributed by atoms with Gasteiger partial charge in [-0.1, -0.05) is 19.1 Å². The van der Waals surface area contributed by atoms with E-state index >= 15 is 0 Å². The lowest BCUT2D eigenvalue weighted by Gasteiger charge is -2.15. The van der Waals surface area contributed by atoms with Gasteiger partial charge in [0.25, 0.3) is 0 Å². The summed E-state index contributed by atoms with van der Waals surface area (Å²) in [7, 11) is 0. The highest BCUT2D eigenvalue weighted by Gasteiger charge is 2.14. The Kier molecular flexibility index (Phi) is 4.39. The zero-order valence-corrected chi connectivity index (χ0v) is 12.4. The molecule has 0 spiro atoms. The third-order valence-corrected chi connectivity index (χ3v) is 3.67. The molecule has 0 aliphatic rings. The van der Waals surface area contributed by atoms with Gasteiger partial charge in [-0.15, -0.1) is 11.3 Å². The maximum absolute atomic E-state index is 5.61. The molecule has 2 rings (SSSR count). The van der Waals surface area contributed by atoms with Crippen LogP contribution >= 0.6 is 23.6 Å². The van der Waals surface area contributed by atoms with Gasteiger partial charge in [0, 0.05) is 17.3 Å². The number of rotatable bonds is 5. The molecule has 100 valence electrons. The average molecular weight is 293 g/mol. The van der Waals surface area contributed by atoms with Gasteiger partial charge < -0.3 is 11.1 Å². The second-order valence-electron chi connectivity index (χ2n) is 4.06. The maximum atomic E-state index is 5.61. The van der Waals surface area contributed by atoms with Crippen LogP contribution in [-0.4, -0.2) is 19.9 Å². The van der Waals surface area contributed by atoms with Crippen LogP contribution in [0.15, 0.2) is 17.6 Å². The highest BCUT2D eigenvalue weighted by Crippen LogP contribution is 2.22. The second kappa shape index (κ2) is 6.03. The summed E-state index contributed by atoms with van der Waals surface area (Å²) < 4.78 is 0. The fourth-order valence-corrected chi connectivity index (χ4v) is 2.54. The predicted octanol–water partition coefficient (Wildman–Crippen LogP) is 2.44. The van der Waals surface area contributed by atoms with Crippen LogP contribution in [0.25, 0.3) is 0 Å². The Labute approximate surface area is 121 Å². The number of nitrogens with one attached hydrogen (secondary N) is 1. The Morgan fingerprint density at radius 2 is 2.32 bits per heavy atom. The molecule has 7 heteroatoms. The molecule has 2 aromatic heterocycles. The summed E-state index contributed by atoms with van der Waals surface area (Å²) in [6, 6.07) is 1.87. The Bertz CT molecular complexity index is 568. The average Bonchev–Trinajstić information content (AvgIpc) is 2.89. The van der Waals surface area contributed by atoms with Crippen molar-refractivity contribution in [2.75, 3.05) is 5.32 Å². The summed E-state index contributed by atoms with van der Waals surface area (Å²) in [6.07, 6.45) is 2.69. The molecular formula is C12H15N5S2. The first-order valence-electron chi connectivity index (χ1n) is 5.91. The van der Waals surface area contributed by atoms with E-state index in [1.165, 1.54) is 0 Å². The first kappa shape index (κ1) is 13.8. The SMILES string of the molecule is CCC(Nc1nc(C)cc(C(N)=S)n1)c1nccs1. The Morgan fingerprint density at radius 3 is 2.89 bits per heavy atom. The molecule has 0 aliphatic carbocycles. The number of anilines is 1. The molecule has 0 saturated carbocycles. The quantitative estimate of drug-likeness (QED) is 0.825. The van der Waals surface area contributed by atoms with E-state index in [0.717, 1.165) is 17.1 Å². The number of thiazole rings is 1. The van der Waals surface area contributed by atoms with Crippen LogP contribution in [0.4, 0.5) is 5.95 Å². The van der Waals surface area contributed by atoms with Crippen molar-refractivity contribution >= 4 is 34.5 Å². The monoisotopic (exact) mass is 293 g/mol. The highest BCUT2D eigenvalue weighted by molar-refractivity contribution is 7.80. The van der Waals surface area contributed by atoms with Gasteiger partial charge in [0.2, 0.25) is 5.95 Å². The smallest absolute Gasteiger partial charge is 0.224 e. The molecule has 0 saturated heterocycles. The van der Waals surface area contributed by atoms with E-state index in [2.05, 4.69) is 27.2 Å². The lowest BCUT2D eigenvalue weighted by molar-refractivity contribution is 0.730. The molecule has 2 aromatic rings. The lowest BCUT2D eigenvalue weighted by atomic mass is 10.2. The zero-order valence-electron chi connectivity index (χ0n) is 10.8. The van der Waals surface area contributed by atoms with Crippen molar-refractivity contribution in [1.82, 2.24) is 15.0 Å². The predicted molar refractivity (Wildman–Crippen MR) is 81.4 cm³/mol. The van der Waals surface area contributed by atoms with Crippen molar-refractivity contribution in [2.24, 2.45) is 5.73 Å². The molecular weight excluding hydrogens is 278 g/mol. The van der Waals surface area contributed by atoms with E-state index < -0.39 is 0 Å². The van der Waals surface area contributed by atoms with Crippen molar-refractivity contribution in [2.45, 2.75) is 26.3 Å². The van der Waals surface area contributed by atoms with Gasteiger partial charge in [0.05, 0.1) is 6.04 Å². The first-order chi connectivity index (χ1) is 9.10. The highest BCUT2D eigenvalue weighted by atomic mass is 32.1. The van der Waals surface area contributed by atoms with Crippen molar-refractivity contribution in [3.05, 3.63) is 34.0 Å². The maximum Gasteiger partial charge on any atom is 0.224 e. The van der Waals surface area contributed by atoms with Crippen molar-refractivity contribution in [3.8, 4) is 0 Å². The van der Waals surface area contributed by atoms with Gasteiger partial charge in [-0.2, -0.15) is 0 Å². The van der Waals surface area contributed by atoms with Crippen LogP contribution in [-0.2, 0) is 0 Å². The normalized spacial score (nSPS) is 12.1. The number of hydrogen-bond donors (Lipinski definition) is 2. The molecule has 19 heavy (non-hydrogen) atoms. The van der Waals surface area contributed by atoms with E-state index in [4.69, 9.17) is 18.0 Å². The van der Waals surface area contributed by atoms with E-state index in [0.29, 0.717) is 11.6 Å². The summed E-state index contributed by atoms with van der Waals surface area (Å²) in [5.41, 5.74) is 7.02. The topological polar surface area (TPSA) is 76.7 Å². The van der Waals surface area contributed by atoms with Gasteiger partial charge in [-0.05, 0) is 19.4 Å². The molecule has 1 unspecified atom stereocenters. The minimum absolute atomic E-state index is 0.0981. The summed E-state index contributed by atoms with van der Waals surface area (Å²) in [5.74, 6) is 0.532. The molecule has 2 heterocycles. The minimum atomic E-state index is 0.0981. The summed E-state index contributed by atoms with van der Waals surface area (Å²) >= 11 is 6.56. The summed E-state index contributed by atoms with van der Waals surface area (Å²) in [4.78, 5) is 13.3. The third-order valence-electron chi connectivity index (χ3n) is 2.57.